The summed E-state index contributed by atoms with van der Waals surface area (Å²) in [5.41, 5.74) is 5.11. The molecule has 6 heteroatoms. The molecule has 12 heavy (non-hydrogen) atoms. The van der Waals surface area contributed by atoms with Gasteiger partial charge in [-0.1, -0.05) is 12.2 Å². The van der Waals surface area contributed by atoms with Gasteiger partial charge in [0.05, 0.1) is 13.0 Å². The van der Waals surface area contributed by atoms with E-state index in [1.54, 1.807) is 0 Å². The van der Waals surface area contributed by atoms with Crippen LogP contribution in [0.2, 0.25) is 0 Å². The van der Waals surface area contributed by atoms with E-state index in [0.29, 0.717) is 0 Å². The molecule has 72 valence electrons. The van der Waals surface area contributed by atoms with Gasteiger partial charge in [0.15, 0.2) is 0 Å². The summed E-state index contributed by atoms with van der Waals surface area (Å²) in [5.74, 6) is 0. The van der Waals surface area contributed by atoms with Gasteiger partial charge < -0.3 is 10.5 Å². The fourth-order valence-corrected chi connectivity index (χ4v) is 0.502. The highest BCUT2D eigenvalue weighted by Gasteiger charge is 2.26. The summed E-state index contributed by atoms with van der Waals surface area (Å²) in [7, 11) is 0. The van der Waals surface area contributed by atoms with Crippen LogP contribution in [-0.2, 0) is 4.74 Å². The summed E-state index contributed by atoms with van der Waals surface area (Å²) in [6, 6.07) is 0. The molecule has 0 aliphatic carbocycles. The van der Waals surface area contributed by atoms with E-state index in [2.05, 4.69) is 12.2 Å². The zero-order chi connectivity index (χ0) is 9.78. The van der Waals surface area contributed by atoms with Crippen LogP contribution in [0.25, 0.3) is 0 Å². The van der Waals surface area contributed by atoms with Gasteiger partial charge in [-0.25, -0.2) is 0 Å². The molecule has 0 fully saturated rings. The first-order chi connectivity index (χ1) is 5.33. The molecule has 0 aromatic carbocycles. The van der Waals surface area contributed by atoms with Gasteiger partial charge in [-0.2, -0.15) is 13.2 Å². The lowest BCUT2D eigenvalue weighted by Crippen LogP contribution is -2.27. The Bertz CT molecular complexity index is 159. The first-order valence-corrected chi connectivity index (χ1v) is 3.71. The zero-order valence-corrected chi connectivity index (χ0v) is 7.34. The SMILES string of the molecule is CC(OCCC(F)(F)F)C(N)=S. The molecule has 0 bridgehead atoms. The first-order valence-electron chi connectivity index (χ1n) is 3.30. The van der Waals surface area contributed by atoms with Crippen molar-refractivity contribution in [2.75, 3.05) is 6.61 Å². The van der Waals surface area contributed by atoms with Gasteiger partial charge in [0.2, 0.25) is 0 Å². The predicted octanol–water partition coefficient (Wildman–Crippen LogP) is 1.63. The van der Waals surface area contributed by atoms with Gasteiger partial charge in [0.1, 0.15) is 11.1 Å². The van der Waals surface area contributed by atoms with E-state index < -0.39 is 25.3 Å². The lowest BCUT2D eigenvalue weighted by atomic mass is 10.4. The van der Waals surface area contributed by atoms with Crippen molar-refractivity contribution in [2.45, 2.75) is 25.6 Å². The summed E-state index contributed by atoms with van der Waals surface area (Å²) < 4.78 is 39.4. The molecule has 1 unspecified atom stereocenters. The fourth-order valence-electron chi connectivity index (χ4n) is 0.434. The molecule has 1 atom stereocenters. The van der Waals surface area contributed by atoms with E-state index in [4.69, 9.17) is 10.5 Å². The van der Waals surface area contributed by atoms with E-state index in [1.165, 1.54) is 6.92 Å². The summed E-state index contributed by atoms with van der Waals surface area (Å²) in [4.78, 5) is 0.0668. The molecule has 0 heterocycles. The lowest BCUT2D eigenvalue weighted by Gasteiger charge is -2.12. The van der Waals surface area contributed by atoms with Gasteiger partial charge in [-0.15, -0.1) is 0 Å². The van der Waals surface area contributed by atoms with Gasteiger partial charge in [0, 0.05) is 0 Å². The van der Waals surface area contributed by atoms with Crippen LogP contribution in [0.3, 0.4) is 0 Å². The van der Waals surface area contributed by atoms with Gasteiger partial charge >= 0.3 is 6.18 Å². The van der Waals surface area contributed by atoms with Crippen LogP contribution in [0.15, 0.2) is 0 Å². The number of alkyl halides is 3. The van der Waals surface area contributed by atoms with Crippen LogP contribution < -0.4 is 5.73 Å². The molecule has 0 aromatic heterocycles. The van der Waals surface area contributed by atoms with Crippen LogP contribution in [0.5, 0.6) is 0 Å². The summed E-state index contributed by atoms with van der Waals surface area (Å²) >= 11 is 4.50. The summed E-state index contributed by atoms with van der Waals surface area (Å²) in [5, 5.41) is 0. The minimum atomic E-state index is -4.18. The van der Waals surface area contributed by atoms with Crippen molar-refractivity contribution in [1.29, 1.82) is 0 Å². The van der Waals surface area contributed by atoms with Gasteiger partial charge in [-0.3, -0.25) is 0 Å². The fraction of sp³-hybridized carbons (Fsp3) is 0.833. The number of nitrogens with two attached hydrogens (primary N) is 1. The average molecular weight is 201 g/mol. The Kier molecular flexibility index (Phi) is 4.47. The van der Waals surface area contributed by atoms with E-state index >= 15 is 0 Å². The first kappa shape index (κ1) is 11.6. The Balaban J connectivity index is 3.51. The van der Waals surface area contributed by atoms with Crippen LogP contribution in [0.4, 0.5) is 13.2 Å². The summed E-state index contributed by atoms with van der Waals surface area (Å²) in [6.45, 7) is 1.11. The second-order valence-electron chi connectivity index (χ2n) is 2.28. The second-order valence-corrected chi connectivity index (χ2v) is 2.75. The third-order valence-electron chi connectivity index (χ3n) is 1.15. The molecular weight excluding hydrogens is 191 g/mol. The molecule has 0 amide bonds. The Labute approximate surface area is 73.9 Å². The maximum Gasteiger partial charge on any atom is 0.391 e. The molecule has 0 rings (SSSR count). The molecule has 0 radical (unpaired) electrons. The lowest BCUT2D eigenvalue weighted by molar-refractivity contribution is -0.146. The quantitative estimate of drug-likeness (QED) is 0.702. The van der Waals surface area contributed by atoms with Crippen LogP contribution >= 0.6 is 12.2 Å². The number of hydrogen-bond donors (Lipinski definition) is 1. The number of hydrogen-bond acceptors (Lipinski definition) is 2. The maximum absolute atomic E-state index is 11.6. The molecular formula is C6H10F3NOS. The minimum Gasteiger partial charge on any atom is -0.391 e. The van der Waals surface area contributed by atoms with Gasteiger partial charge in [-0.05, 0) is 6.92 Å². The van der Waals surface area contributed by atoms with Crippen molar-refractivity contribution in [3.63, 3.8) is 0 Å². The average Bonchev–Trinajstić information content (AvgIpc) is 1.84. The van der Waals surface area contributed by atoms with Crippen molar-refractivity contribution in [1.82, 2.24) is 0 Å². The molecule has 2 N–H and O–H groups in total. The largest absolute Gasteiger partial charge is 0.391 e. The van der Waals surface area contributed by atoms with E-state index in [-0.39, 0.29) is 4.99 Å². The van der Waals surface area contributed by atoms with Crippen molar-refractivity contribution in [3.05, 3.63) is 0 Å². The van der Waals surface area contributed by atoms with Crippen molar-refractivity contribution in [2.24, 2.45) is 5.73 Å². The van der Waals surface area contributed by atoms with Gasteiger partial charge in [0.25, 0.3) is 0 Å². The number of halogens is 3. The number of rotatable bonds is 4. The highest BCUT2D eigenvalue weighted by atomic mass is 32.1. The maximum atomic E-state index is 11.6. The highest BCUT2D eigenvalue weighted by Crippen LogP contribution is 2.19. The second kappa shape index (κ2) is 4.61. The third-order valence-corrected chi connectivity index (χ3v) is 1.49. The summed E-state index contributed by atoms with van der Waals surface area (Å²) in [6.07, 6.45) is -5.75. The van der Waals surface area contributed by atoms with Crippen LogP contribution in [-0.4, -0.2) is 23.9 Å². The van der Waals surface area contributed by atoms with Crippen molar-refractivity contribution < 1.29 is 17.9 Å². The normalized spacial score (nSPS) is 14.3. The monoisotopic (exact) mass is 201 g/mol. The number of ether oxygens (including phenoxy) is 1. The third kappa shape index (κ3) is 6.36. The Morgan fingerprint density at radius 1 is 1.58 bits per heavy atom. The van der Waals surface area contributed by atoms with Crippen LogP contribution in [0.1, 0.15) is 13.3 Å². The van der Waals surface area contributed by atoms with E-state index in [0.717, 1.165) is 0 Å². The smallest absolute Gasteiger partial charge is 0.391 e. The highest BCUT2D eigenvalue weighted by molar-refractivity contribution is 7.80. The predicted molar refractivity (Wildman–Crippen MR) is 42.9 cm³/mol. The van der Waals surface area contributed by atoms with Crippen molar-refractivity contribution in [3.8, 4) is 0 Å². The Morgan fingerprint density at radius 2 is 2.08 bits per heavy atom. The van der Waals surface area contributed by atoms with Crippen LogP contribution in [0, 0.1) is 0 Å². The molecule has 0 aliphatic heterocycles. The molecule has 2 nitrogen and oxygen atoms in total. The topological polar surface area (TPSA) is 35.2 Å². The molecule has 0 aromatic rings. The zero-order valence-electron chi connectivity index (χ0n) is 6.52. The van der Waals surface area contributed by atoms with E-state index in [1.807, 2.05) is 0 Å². The molecule has 0 saturated carbocycles. The Hall–Kier alpha value is -0.360. The number of thiocarbonyl (C=S) groups is 1. The standard InChI is InChI=1S/C6H10F3NOS/c1-4(5(10)12)11-3-2-6(7,8)9/h4H,2-3H2,1H3,(H2,10,12). The van der Waals surface area contributed by atoms with Crippen molar-refractivity contribution >= 4 is 17.2 Å². The van der Waals surface area contributed by atoms with E-state index in [9.17, 15) is 13.2 Å². The minimum absolute atomic E-state index is 0.0668. The molecule has 0 spiro atoms. The molecule has 0 saturated heterocycles. The molecule has 0 aliphatic rings. The Morgan fingerprint density at radius 3 is 2.42 bits per heavy atom.